The van der Waals surface area contributed by atoms with E-state index in [0.717, 1.165) is 29.9 Å². The summed E-state index contributed by atoms with van der Waals surface area (Å²) in [7, 11) is 0. The molecule has 1 aromatic heterocycles. The van der Waals surface area contributed by atoms with Gasteiger partial charge in [-0.25, -0.2) is 9.97 Å². The summed E-state index contributed by atoms with van der Waals surface area (Å²) >= 11 is 0. The van der Waals surface area contributed by atoms with Crippen molar-refractivity contribution in [2.24, 2.45) is 5.92 Å². The van der Waals surface area contributed by atoms with Gasteiger partial charge >= 0.3 is 0 Å². The fourth-order valence-electron chi connectivity index (χ4n) is 3.28. The van der Waals surface area contributed by atoms with Crippen molar-refractivity contribution in [2.45, 2.75) is 38.5 Å². The molecule has 1 heterocycles. The van der Waals surface area contributed by atoms with Gasteiger partial charge in [-0.3, -0.25) is 4.79 Å². The molecule has 96 valence electrons. The summed E-state index contributed by atoms with van der Waals surface area (Å²) in [6.07, 6.45) is 6.04. The van der Waals surface area contributed by atoms with Crippen LogP contribution >= 0.6 is 0 Å². The fraction of sp³-hybridized carbons (Fsp3) is 0.467. The third-order valence-electron chi connectivity index (χ3n) is 4.40. The third kappa shape index (κ3) is 1.69. The van der Waals surface area contributed by atoms with Crippen molar-refractivity contribution in [1.29, 1.82) is 5.26 Å². The van der Waals surface area contributed by atoms with Crippen LogP contribution in [0.4, 0.5) is 0 Å². The van der Waals surface area contributed by atoms with Crippen LogP contribution in [0, 0.1) is 24.2 Å². The van der Waals surface area contributed by atoms with Crippen LogP contribution in [0.2, 0.25) is 0 Å². The molecule has 2 aliphatic carbocycles. The Bertz CT molecular complexity index is 641. The van der Waals surface area contributed by atoms with Crippen LogP contribution in [0.1, 0.15) is 36.8 Å². The van der Waals surface area contributed by atoms with Crippen molar-refractivity contribution < 1.29 is 4.79 Å². The van der Waals surface area contributed by atoms with Gasteiger partial charge in [0, 0.05) is 18.0 Å². The molecule has 1 aromatic rings. The van der Waals surface area contributed by atoms with Gasteiger partial charge in [0.05, 0.1) is 11.3 Å². The van der Waals surface area contributed by atoms with Gasteiger partial charge in [-0.05, 0) is 31.2 Å². The van der Waals surface area contributed by atoms with Crippen LogP contribution < -0.4 is 0 Å². The molecule has 2 aliphatic rings. The smallest absolute Gasteiger partial charge is 0.173 e. The Hall–Kier alpha value is -2.02. The second-order valence-electron chi connectivity index (χ2n) is 5.61. The average Bonchev–Trinajstić information content (AvgIpc) is 2.39. The summed E-state index contributed by atoms with van der Waals surface area (Å²) in [6.45, 7) is 3.96. The first kappa shape index (κ1) is 12.0. The summed E-state index contributed by atoms with van der Waals surface area (Å²) in [5.41, 5.74) is 2.12. The number of hydrogen-bond donors (Lipinski definition) is 0. The van der Waals surface area contributed by atoms with Gasteiger partial charge in [0.1, 0.15) is 11.9 Å². The minimum atomic E-state index is -0.305. The van der Waals surface area contributed by atoms with E-state index in [1.54, 1.807) is 0 Å². The molecule has 2 atom stereocenters. The summed E-state index contributed by atoms with van der Waals surface area (Å²) in [5.74, 6) is 0.961. The predicted molar refractivity (Wildman–Crippen MR) is 69.3 cm³/mol. The number of nitrogens with zero attached hydrogens (tertiary/aromatic N) is 3. The van der Waals surface area contributed by atoms with Crippen molar-refractivity contribution in [3.63, 3.8) is 0 Å². The lowest BCUT2D eigenvalue weighted by molar-refractivity contribution is -0.117. The van der Waals surface area contributed by atoms with E-state index in [-0.39, 0.29) is 22.7 Å². The van der Waals surface area contributed by atoms with Crippen molar-refractivity contribution >= 4 is 5.78 Å². The second-order valence-corrected chi connectivity index (χ2v) is 5.61. The highest BCUT2D eigenvalue weighted by molar-refractivity contribution is 6.00. The number of nitriles is 1. The van der Waals surface area contributed by atoms with Gasteiger partial charge in [-0.2, -0.15) is 5.26 Å². The zero-order valence-corrected chi connectivity index (χ0v) is 11.1. The fourth-order valence-corrected chi connectivity index (χ4v) is 3.28. The zero-order chi connectivity index (χ0) is 13.6. The highest BCUT2D eigenvalue weighted by Crippen LogP contribution is 2.46. The normalized spacial score (nSPS) is 29.0. The van der Waals surface area contributed by atoms with Gasteiger partial charge in [0.2, 0.25) is 0 Å². The highest BCUT2D eigenvalue weighted by atomic mass is 16.1. The molecule has 0 spiro atoms. The van der Waals surface area contributed by atoms with E-state index in [4.69, 9.17) is 5.26 Å². The van der Waals surface area contributed by atoms with E-state index in [0.29, 0.717) is 6.42 Å². The molecule has 0 saturated carbocycles. The van der Waals surface area contributed by atoms with Crippen LogP contribution in [0.15, 0.2) is 17.8 Å². The van der Waals surface area contributed by atoms with E-state index in [2.05, 4.69) is 16.9 Å². The molecule has 3 rings (SSSR count). The minimum Gasteiger partial charge on any atom is -0.293 e. The van der Waals surface area contributed by atoms with Crippen LogP contribution in [-0.2, 0) is 16.6 Å². The maximum atomic E-state index is 11.9. The number of hydrogen-bond acceptors (Lipinski definition) is 4. The van der Waals surface area contributed by atoms with E-state index < -0.39 is 0 Å². The third-order valence-corrected chi connectivity index (χ3v) is 4.40. The number of carbonyl (C=O) groups is 1. The Balaban J connectivity index is 2.22. The van der Waals surface area contributed by atoms with Crippen molar-refractivity contribution in [3.8, 4) is 6.07 Å². The number of fused-ring (bicyclic) bond motifs is 3. The van der Waals surface area contributed by atoms with Gasteiger partial charge < -0.3 is 0 Å². The standard InChI is InChI=1S/C15H15N3O/c1-9-17-8-10-3-4-12-5-13(19)11(7-16)6-15(12,2)14(10)18-9/h6,8,12H,3-5H2,1-2H3. The molecule has 0 fully saturated rings. The quantitative estimate of drug-likeness (QED) is 0.709. The predicted octanol–water partition coefficient (Wildman–Crippen LogP) is 2.03. The van der Waals surface area contributed by atoms with Crippen LogP contribution in [0.25, 0.3) is 0 Å². The number of aromatic nitrogens is 2. The molecule has 0 N–H and O–H groups in total. The summed E-state index contributed by atoms with van der Waals surface area (Å²) in [4.78, 5) is 20.7. The van der Waals surface area contributed by atoms with Gasteiger partial charge in [-0.15, -0.1) is 0 Å². The molecule has 2 unspecified atom stereocenters. The number of allylic oxidation sites excluding steroid dienone is 2. The Labute approximate surface area is 112 Å². The lowest BCUT2D eigenvalue weighted by Gasteiger charge is -2.42. The van der Waals surface area contributed by atoms with Crippen molar-refractivity contribution in [2.75, 3.05) is 0 Å². The largest absolute Gasteiger partial charge is 0.293 e. The van der Waals surface area contributed by atoms with E-state index in [9.17, 15) is 4.79 Å². The number of Topliss-reactive ketones (excluding diaryl/α,β-unsaturated/α-hetero) is 1. The van der Waals surface area contributed by atoms with Crippen LogP contribution in [0.5, 0.6) is 0 Å². The summed E-state index contributed by atoms with van der Waals surface area (Å²) in [6, 6.07) is 2.03. The molecule has 0 bridgehead atoms. The Kier molecular flexibility index (Phi) is 2.53. The molecule has 0 aliphatic heterocycles. The zero-order valence-electron chi connectivity index (χ0n) is 11.1. The van der Waals surface area contributed by atoms with E-state index in [1.165, 1.54) is 0 Å². The topological polar surface area (TPSA) is 66.6 Å². The maximum Gasteiger partial charge on any atom is 0.173 e. The van der Waals surface area contributed by atoms with Crippen molar-refractivity contribution in [1.82, 2.24) is 9.97 Å². The molecular weight excluding hydrogens is 238 g/mol. The van der Waals surface area contributed by atoms with E-state index >= 15 is 0 Å². The summed E-state index contributed by atoms with van der Waals surface area (Å²) in [5, 5.41) is 9.10. The van der Waals surface area contributed by atoms with Crippen molar-refractivity contribution in [3.05, 3.63) is 34.9 Å². The lowest BCUT2D eigenvalue weighted by Crippen LogP contribution is -2.41. The average molecular weight is 253 g/mol. The number of carbonyl (C=O) groups excluding carboxylic acids is 1. The number of aryl methyl sites for hydroxylation is 2. The SMILES string of the molecule is Cc1ncc2c(n1)C1(C)C=C(C#N)C(=O)CC1CC2. The monoisotopic (exact) mass is 253 g/mol. The molecule has 0 amide bonds. The molecular formula is C15H15N3O. The maximum absolute atomic E-state index is 11.9. The van der Waals surface area contributed by atoms with Gasteiger partial charge in [-0.1, -0.05) is 13.0 Å². The van der Waals surface area contributed by atoms with E-state index in [1.807, 2.05) is 25.3 Å². The number of rotatable bonds is 0. The van der Waals surface area contributed by atoms with Gasteiger partial charge in [0.15, 0.2) is 5.78 Å². The molecule has 4 heteroatoms. The highest BCUT2D eigenvalue weighted by Gasteiger charge is 2.45. The molecule has 19 heavy (non-hydrogen) atoms. The first-order chi connectivity index (χ1) is 9.04. The Morgan fingerprint density at radius 3 is 3.05 bits per heavy atom. The van der Waals surface area contributed by atoms with Crippen LogP contribution in [0.3, 0.4) is 0 Å². The Morgan fingerprint density at radius 1 is 1.53 bits per heavy atom. The molecule has 4 nitrogen and oxygen atoms in total. The van der Waals surface area contributed by atoms with Gasteiger partial charge in [0.25, 0.3) is 0 Å². The number of ketones is 1. The minimum absolute atomic E-state index is 0.0285. The Morgan fingerprint density at radius 2 is 2.32 bits per heavy atom. The first-order valence-corrected chi connectivity index (χ1v) is 6.54. The molecule has 0 aromatic carbocycles. The second kappa shape index (κ2) is 3.99. The molecule has 0 radical (unpaired) electrons. The molecule has 0 saturated heterocycles. The first-order valence-electron chi connectivity index (χ1n) is 6.54. The lowest BCUT2D eigenvalue weighted by atomic mass is 9.61. The summed E-state index contributed by atoms with van der Waals surface area (Å²) < 4.78 is 0. The van der Waals surface area contributed by atoms with Crippen LogP contribution in [-0.4, -0.2) is 15.8 Å².